The highest BCUT2D eigenvalue weighted by Gasteiger charge is 2.27. The van der Waals surface area contributed by atoms with Gasteiger partial charge in [-0.1, -0.05) is 26.2 Å². The zero-order valence-corrected chi connectivity index (χ0v) is 6.88. The Morgan fingerprint density at radius 1 is 1.09 bits per heavy atom. The van der Waals surface area contributed by atoms with Crippen molar-refractivity contribution >= 4 is 0 Å². The molecule has 0 heterocycles. The summed E-state index contributed by atoms with van der Waals surface area (Å²) < 4.78 is 35.9. The first-order valence-electron chi connectivity index (χ1n) is 4.06. The summed E-state index contributed by atoms with van der Waals surface area (Å²) in [5.74, 6) is -3.08. The number of halogens is 3. The van der Waals surface area contributed by atoms with Crippen LogP contribution in [0.25, 0.3) is 0 Å². The standard InChI is InChI=1S/C8H15F3/c1-2-3-4-5-6-8(10,11)7-9/h2-7H2,1H3. The van der Waals surface area contributed by atoms with Gasteiger partial charge in [0.1, 0.15) is 0 Å². The van der Waals surface area contributed by atoms with Crippen molar-refractivity contribution in [2.24, 2.45) is 0 Å². The number of rotatable bonds is 6. The molecule has 3 heteroatoms. The van der Waals surface area contributed by atoms with Crippen LogP contribution in [0.4, 0.5) is 13.2 Å². The molecule has 0 aliphatic rings. The van der Waals surface area contributed by atoms with Crippen LogP contribution in [0, 0.1) is 0 Å². The van der Waals surface area contributed by atoms with Gasteiger partial charge in [-0.15, -0.1) is 0 Å². The van der Waals surface area contributed by atoms with Crippen LogP contribution in [0.5, 0.6) is 0 Å². The molecular formula is C8H15F3. The zero-order valence-electron chi connectivity index (χ0n) is 6.88. The van der Waals surface area contributed by atoms with Gasteiger partial charge >= 0.3 is 0 Å². The molecule has 68 valence electrons. The Balaban J connectivity index is 3.23. The van der Waals surface area contributed by atoms with E-state index in [9.17, 15) is 13.2 Å². The Morgan fingerprint density at radius 3 is 2.18 bits per heavy atom. The number of alkyl halides is 3. The molecule has 0 N–H and O–H groups in total. The molecule has 0 saturated heterocycles. The third kappa shape index (κ3) is 6.20. The van der Waals surface area contributed by atoms with E-state index in [1.54, 1.807) is 0 Å². The average molecular weight is 168 g/mol. The predicted octanol–water partition coefficient (Wildman–Crippen LogP) is 3.56. The molecule has 0 unspecified atom stereocenters. The first-order valence-corrected chi connectivity index (χ1v) is 4.06. The van der Waals surface area contributed by atoms with Crippen LogP contribution >= 0.6 is 0 Å². The molecule has 0 aromatic heterocycles. The van der Waals surface area contributed by atoms with E-state index < -0.39 is 12.6 Å². The first-order chi connectivity index (χ1) is 5.12. The molecule has 0 fully saturated rings. The van der Waals surface area contributed by atoms with Gasteiger partial charge < -0.3 is 0 Å². The van der Waals surface area contributed by atoms with Crippen molar-refractivity contribution in [3.8, 4) is 0 Å². The Bertz CT molecular complexity index is 91.3. The van der Waals surface area contributed by atoms with Crippen LogP contribution in [0.15, 0.2) is 0 Å². The zero-order chi connectivity index (χ0) is 8.74. The second-order valence-electron chi connectivity index (χ2n) is 2.80. The van der Waals surface area contributed by atoms with Gasteiger partial charge in [0.05, 0.1) is 0 Å². The van der Waals surface area contributed by atoms with Crippen LogP contribution in [-0.4, -0.2) is 12.6 Å². The monoisotopic (exact) mass is 168 g/mol. The van der Waals surface area contributed by atoms with Gasteiger partial charge in [-0.25, -0.2) is 13.2 Å². The summed E-state index contributed by atoms with van der Waals surface area (Å²) in [6.45, 7) is 0.492. The molecule has 0 bridgehead atoms. The summed E-state index contributed by atoms with van der Waals surface area (Å²) in [5, 5.41) is 0. The summed E-state index contributed by atoms with van der Waals surface area (Å²) in [4.78, 5) is 0. The quantitative estimate of drug-likeness (QED) is 0.532. The molecule has 0 aliphatic carbocycles. The summed E-state index contributed by atoms with van der Waals surface area (Å²) in [6, 6.07) is 0. The molecular weight excluding hydrogens is 153 g/mol. The largest absolute Gasteiger partial charge is 0.275 e. The SMILES string of the molecule is CCCCCCC(F)(F)CF. The number of hydrogen-bond donors (Lipinski definition) is 0. The Kier molecular flexibility index (Phi) is 5.34. The first kappa shape index (κ1) is 10.8. The third-order valence-corrected chi connectivity index (χ3v) is 1.59. The minimum atomic E-state index is -3.08. The van der Waals surface area contributed by atoms with E-state index in [0.29, 0.717) is 6.42 Å². The van der Waals surface area contributed by atoms with Gasteiger partial charge in [0.15, 0.2) is 6.67 Å². The molecule has 0 spiro atoms. The molecule has 0 aromatic carbocycles. The molecule has 0 aromatic rings. The lowest BCUT2D eigenvalue weighted by atomic mass is 10.1. The van der Waals surface area contributed by atoms with Gasteiger partial charge in [0.25, 0.3) is 5.92 Å². The van der Waals surface area contributed by atoms with E-state index in [4.69, 9.17) is 0 Å². The molecule has 0 amide bonds. The number of hydrogen-bond acceptors (Lipinski definition) is 0. The Hall–Kier alpha value is -0.210. The van der Waals surface area contributed by atoms with Crippen molar-refractivity contribution in [2.45, 2.75) is 45.0 Å². The fraction of sp³-hybridized carbons (Fsp3) is 1.00. The van der Waals surface area contributed by atoms with Crippen molar-refractivity contribution in [2.75, 3.05) is 6.67 Å². The number of unbranched alkanes of at least 4 members (excludes halogenated alkanes) is 3. The third-order valence-electron chi connectivity index (χ3n) is 1.59. The minimum Gasteiger partial charge on any atom is -0.244 e. The van der Waals surface area contributed by atoms with Crippen LogP contribution in [0.3, 0.4) is 0 Å². The highest BCUT2D eigenvalue weighted by atomic mass is 19.3. The Labute approximate surface area is 65.8 Å². The fourth-order valence-electron chi connectivity index (χ4n) is 0.877. The van der Waals surface area contributed by atoms with Crippen molar-refractivity contribution in [1.82, 2.24) is 0 Å². The second kappa shape index (κ2) is 5.44. The minimum absolute atomic E-state index is 0.302. The van der Waals surface area contributed by atoms with Crippen molar-refractivity contribution < 1.29 is 13.2 Å². The highest BCUT2D eigenvalue weighted by molar-refractivity contribution is 4.63. The normalized spacial score (nSPS) is 12.0. The molecule has 0 atom stereocenters. The second-order valence-corrected chi connectivity index (χ2v) is 2.80. The van der Waals surface area contributed by atoms with E-state index in [0.717, 1.165) is 19.3 Å². The van der Waals surface area contributed by atoms with E-state index in [1.807, 2.05) is 6.92 Å². The summed E-state index contributed by atoms with van der Waals surface area (Å²) in [7, 11) is 0. The van der Waals surface area contributed by atoms with Crippen molar-refractivity contribution in [3.63, 3.8) is 0 Å². The van der Waals surface area contributed by atoms with Crippen LogP contribution < -0.4 is 0 Å². The summed E-state index contributed by atoms with van der Waals surface area (Å²) in [5.41, 5.74) is 0. The molecule has 0 nitrogen and oxygen atoms in total. The van der Waals surface area contributed by atoms with Gasteiger partial charge in [0, 0.05) is 6.42 Å². The van der Waals surface area contributed by atoms with Gasteiger partial charge in [-0.3, -0.25) is 0 Å². The lowest BCUT2D eigenvalue weighted by molar-refractivity contribution is -0.0320. The van der Waals surface area contributed by atoms with Gasteiger partial charge in [-0.2, -0.15) is 0 Å². The van der Waals surface area contributed by atoms with Crippen molar-refractivity contribution in [3.05, 3.63) is 0 Å². The van der Waals surface area contributed by atoms with Crippen LogP contribution in [0.1, 0.15) is 39.0 Å². The van der Waals surface area contributed by atoms with E-state index in [1.165, 1.54) is 0 Å². The predicted molar refractivity (Wildman–Crippen MR) is 39.7 cm³/mol. The van der Waals surface area contributed by atoms with E-state index >= 15 is 0 Å². The topological polar surface area (TPSA) is 0 Å². The summed E-state index contributed by atoms with van der Waals surface area (Å²) in [6.07, 6.45) is 2.89. The lowest BCUT2D eigenvalue weighted by Gasteiger charge is -2.10. The lowest BCUT2D eigenvalue weighted by Crippen LogP contribution is -2.18. The van der Waals surface area contributed by atoms with Crippen LogP contribution in [-0.2, 0) is 0 Å². The summed E-state index contributed by atoms with van der Waals surface area (Å²) >= 11 is 0. The molecule has 0 aliphatic heterocycles. The molecule has 0 radical (unpaired) electrons. The fourth-order valence-corrected chi connectivity index (χ4v) is 0.877. The Morgan fingerprint density at radius 2 is 1.73 bits per heavy atom. The van der Waals surface area contributed by atoms with E-state index in [2.05, 4.69) is 0 Å². The van der Waals surface area contributed by atoms with Gasteiger partial charge in [-0.05, 0) is 6.42 Å². The van der Waals surface area contributed by atoms with Crippen molar-refractivity contribution in [1.29, 1.82) is 0 Å². The molecule has 11 heavy (non-hydrogen) atoms. The van der Waals surface area contributed by atoms with Crippen LogP contribution in [0.2, 0.25) is 0 Å². The highest BCUT2D eigenvalue weighted by Crippen LogP contribution is 2.22. The maximum atomic E-state index is 12.2. The van der Waals surface area contributed by atoms with Gasteiger partial charge in [0.2, 0.25) is 0 Å². The maximum Gasteiger partial charge on any atom is 0.275 e. The van der Waals surface area contributed by atoms with E-state index in [-0.39, 0.29) is 6.42 Å². The average Bonchev–Trinajstić information content (AvgIpc) is 1.99. The molecule has 0 saturated carbocycles. The maximum absolute atomic E-state index is 12.2. The molecule has 0 rings (SSSR count). The smallest absolute Gasteiger partial charge is 0.244 e.